The molecule has 0 bridgehead atoms. The molecule has 5 heteroatoms. The number of carbonyl (C=O) groups excluding carboxylic acids is 1. The van der Waals surface area contributed by atoms with Crippen LogP contribution in [0.25, 0.3) is 0 Å². The van der Waals surface area contributed by atoms with E-state index >= 15 is 0 Å². The van der Waals surface area contributed by atoms with Gasteiger partial charge in [0.1, 0.15) is 5.60 Å². The van der Waals surface area contributed by atoms with Crippen molar-refractivity contribution in [3.63, 3.8) is 0 Å². The lowest BCUT2D eigenvalue weighted by Crippen LogP contribution is -2.27. The van der Waals surface area contributed by atoms with Crippen molar-refractivity contribution in [2.24, 2.45) is 0 Å². The van der Waals surface area contributed by atoms with Crippen molar-refractivity contribution in [3.8, 4) is 6.07 Å². The van der Waals surface area contributed by atoms with Crippen molar-refractivity contribution in [2.45, 2.75) is 32.3 Å². The minimum atomic E-state index is -1.02. The average molecular weight is 253 g/mol. The summed E-state index contributed by atoms with van der Waals surface area (Å²) in [5, 5.41) is 9.45. The molecule has 0 aromatic carbocycles. The minimum Gasteiger partial charge on any atom is -0.459 e. The zero-order valence-electron chi connectivity index (χ0n) is 9.90. The summed E-state index contributed by atoms with van der Waals surface area (Å²) in [5.74, 6) is -1.62. The molecular formula is C12H13ClN2O2. The molecule has 1 aromatic heterocycles. The van der Waals surface area contributed by atoms with Gasteiger partial charge in [0.2, 0.25) is 0 Å². The fourth-order valence-electron chi connectivity index (χ4n) is 1.16. The van der Waals surface area contributed by atoms with E-state index in [4.69, 9.17) is 21.6 Å². The minimum absolute atomic E-state index is 0.339. The summed E-state index contributed by atoms with van der Waals surface area (Å²) in [7, 11) is 0. The van der Waals surface area contributed by atoms with E-state index in [-0.39, 0.29) is 0 Å². The Labute approximate surface area is 105 Å². The van der Waals surface area contributed by atoms with Crippen LogP contribution in [0.15, 0.2) is 18.3 Å². The third-order valence-corrected chi connectivity index (χ3v) is 2.04. The normalized spacial score (nSPS) is 12.6. The number of esters is 1. The van der Waals surface area contributed by atoms with Crippen molar-refractivity contribution < 1.29 is 9.53 Å². The van der Waals surface area contributed by atoms with Gasteiger partial charge in [0, 0.05) is 6.20 Å². The molecule has 0 aliphatic carbocycles. The van der Waals surface area contributed by atoms with Crippen LogP contribution in [0.2, 0.25) is 5.02 Å². The van der Waals surface area contributed by atoms with Gasteiger partial charge in [0.05, 0.1) is 16.8 Å². The summed E-state index contributed by atoms with van der Waals surface area (Å²) in [6.07, 6.45) is 1.39. The first kappa shape index (κ1) is 13.5. The average Bonchev–Trinajstić information content (AvgIpc) is 2.19. The summed E-state index contributed by atoms with van der Waals surface area (Å²) in [6.45, 7) is 5.23. The van der Waals surface area contributed by atoms with Gasteiger partial charge in [-0.3, -0.25) is 9.78 Å². The molecule has 0 N–H and O–H groups in total. The Bertz CT molecular complexity index is 443. The van der Waals surface area contributed by atoms with E-state index < -0.39 is 17.5 Å². The van der Waals surface area contributed by atoms with Gasteiger partial charge < -0.3 is 4.74 Å². The quantitative estimate of drug-likeness (QED) is 0.759. The number of carbonyl (C=O) groups is 1. The Kier molecular flexibility index (Phi) is 4.08. The Morgan fingerprint density at radius 3 is 2.59 bits per heavy atom. The van der Waals surface area contributed by atoms with Crippen LogP contribution in [0.3, 0.4) is 0 Å². The first-order valence-electron chi connectivity index (χ1n) is 5.07. The second-order valence-electron chi connectivity index (χ2n) is 4.50. The fourth-order valence-corrected chi connectivity index (χ4v) is 1.27. The van der Waals surface area contributed by atoms with Crippen molar-refractivity contribution in [1.82, 2.24) is 4.98 Å². The zero-order chi connectivity index (χ0) is 13.1. The van der Waals surface area contributed by atoms with E-state index in [1.165, 1.54) is 6.20 Å². The maximum Gasteiger partial charge on any atom is 0.330 e. The highest BCUT2D eigenvalue weighted by molar-refractivity contribution is 6.30. The molecule has 17 heavy (non-hydrogen) atoms. The molecule has 1 atom stereocenters. The van der Waals surface area contributed by atoms with Crippen LogP contribution in [-0.2, 0) is 9.53 Å². The van der Waals surface area contributed by atoms with E-state index in [0.717, 1.165) is 0 Å². The maximum atomic E-state index is 11.8. The second-order valence-corrected chi connectivity index (χ2v) is 4.93. The molecule has 0 saturated heterocycles. The van der Waals surface area contributed by atoms with Gasteiger partial charge in [-0.15, -0.1) is 0 Å². The van der Waals surface area contributed by atoms with E-state index in [9.17, 15) is 4.79 Å². The second kappa shape index (κ2) is 5.15. The fraction of sp³-hybridized carbons (Fsp3) is 0.417. The number of hydrogen-bond acceptors (Lipinski definition) is 4. The van der Waals surface area contributed by atoms with Gasteiger partial charge in [-0.1, -0.05) is 11.6 Å². The van der Waals surface area contributed by atoms with Gasteiger partial charge in [0.25, 0.3) is 0 Å². The Morgan fingerprint density at radius 2 is 2.18 bits per heavy atom. The van der Waals surface area contributed by atoms with Crippen LogP contribution < -0.4 is 0 Å². The maximum absolute atomic E-state index is 11.8. The lowest BCUT2D eigenvalue weighted by atomic mass is 10.1. The largest absolute Gasteiger partial charge is 0.459 e. The summed E-state index contributed by atoms with van der Waals surface area (Å²) in [6, 6.07) is 5.00. The number of nitriles is 1. The molecule has 0 aliphatic heterocycles. The lowest BCUT2D eigenvalue weighted by molar-refractivity contribution is -0.155. The number of halogens is 1. The molecule has 0 aliphatic rings. The van der Waals surface area contributed by atoms with Crippen LogP contribution >= 0.6 is 11.6 Å². The first-order valence-corrected chi connectivity index (χ1v) is 5.45. The lowest BCUT2D eigenvalue weighted by Gasteiger charge is -2.21. The van der Waals surface area contributed by atoms with Crippen molar-refractivity contribution in [2.75, 3.05) is 0 Å². The summed E-state index contributed by atoms with van der Waals surface area (Å²) in [4.78, 5) is 15.7. The third-order valence-electron chi connectivity index (χ3n) is 1.82. The Balaban J connectivity index is 2.90. The van der Waals surface area contributed by atoms with E-state index in [0.29, 0.717) is 10.7 Å². The predicted octanol–water partition coefficient (Wildman–Crippen LogP) is 2.68. The molecule has 0 radical (unpaired) electrons. The topological polar surface area (TPSA) is 63.0 Å². The van der Waals surface area contributed by atoms with E-state index in [1.54, 1.807) is 32.9 Å². The molecular weight excluding hydrogens is 240 g/mol. The van der Waals surface area contributed by atoms with Crippen LogP contribution in [0.1, 0.15) is 32.4 Å². The third kappa shape index (κ3) is 4.04. The highest BCUT2D eigenvalue weighted by Gasteiger charge is 2.27. The zero-order valence-corrected chi connectivity index (χ0v) is 10.7. The van der Waals surface area contributed by atoms with Gasteiger partial charge in [-0.25, -0.2) is 0 Å². The number of nitrogens with zero attached hydrogens (tertiary/aromatic N) is 2. The first-order chi connectivity index (χ1) is 7.83. The van der Waals surface area contributed by atoms with Crippen molar-refractivity contribution in [1.29, 1.82) is 5.26 Å². The number of hydrogen-bond donors (Lipinski definition) is 0. The SMILES string of the molecule is CC(C)(C)OC(=O)[C@@H](C#N)c1ccc(Cl)cn1. The Morgan fingerprint density at radius 1 is 1.53 bits per heavy atom. The highest BCUT2D eigenvalue weighted by atomic mass is 35.5. The van der Waals surface area contributed by atoms with E-state index in [2.05, 4.69) is 4.98 Å². The van der Waals surface area contributed by atoms with Gasteiger partial charge in [-0.2, -0.15) is 5.26 Å². The molecule has 0 spiro atoms. The van der Waals surface area contributed by atoms with Gasteiger partial charge in [0.15, 0.2) is 5.92 Å². The van der Waals surface area contributed by atoms with Crippen molar-refractivity contribution >= 4 is 17.6 Å². The molecule has 0 unspecified atom stereocenters. The van der Waals surface area contributed by atoms with Crippen LogP contribution in [0, 0.1) is 11.3 Å². The predicted molar refractivity (Wildman–Crippen MR) is 63.4 cm³/mol. The van der Waals surface area contributed by atoms with Crippen LogP contribution in [-0.4, -0.2) is 16.6 Å². The van der Waals surface area contributed by atoms with Gasteiger partial charge >= 0.3 is 5.97 Å². The van der Waals surface area contributed by atoms with Crippen LogP contribution in [0.5, 0.6) is 0 Å². The molecule has 1 heterocycles. The summed E-state index contributed by atoms with van der Waals surface area (Å²) >= 11 is 5.68. The van der Waals surface area contributed by atoms with Gasteiger partial charge in [-0.05, 0) is 32.9 Å². The van der Waals surface area contributed by atoms with Crippen LogP contribution in [0.4, 0.5) is 0 Å². The number of aromatic nitrogens is 1. The molecule has 0 saturated carbocycles. The summed E-state index contributed by atoms with van der Waals surface area (Å²) in [5.41, 5.74) is -0.287. The standard InChI is InChI=1S/C12H13ClN2O2/c1-12(2,3)17-11(16)9(6-14)10-5-4-8(13)7-15-10/h4-5,7,9H,1-3H3/t9-/m0/s1. The number of rotatable bonds is 2. The molecule has 90 valence electrons. The molecule has 1 rings (SSSR count). The molecule has 1 aromatic rings. The molecule has 4 nitrogen and oxygen atoms in total. The van der Waals surface area contributed by atoms with Crippen molar-refractivity contribution in [3.05, 3.63) is 29.0 Å². The smallest absolute Gasteiger partial charge is 0.330 e. The number of pyridine rings is 1. The van der Waals surface area contributed by atoms with E-state index in [1.807, 2.05) is 6.07 Å². The molecule has 0 fully saturated rings. The molecule has 0 amide bonds. The monoisotopic (exact) mass is 252 g/mol. The highest BCUT2D eigenvalue weighted by Crippen LogP contribution is 2.19. The number of ether oxygens (including phenoxy) is 1. The Hall–Kier alpha value is -1.60. The summed E-state index contributed by atoms with van der Waals surface area (Å²) < 4.78 is 5.14.